The monoisotopic (exact) mass is 546 g/mol. The summed E-state index contributed by atoms with van der Waals surface area (Å²) in [5, 5.41) is 0.974. The van der Waals surface area contributed by atoms with Crippen LogP contribution in [0.15, 0.2) is 57.2 Å². The quantitative estimate of drug-likeness (QED) is 0.210. The molecule has 0 fully saturated rings. The van der Waals surface area contributed by atoms with Crippen LogP contribution in [0.4, 0.5) is 11.4 Å². The van der Waals surface area contributed by atoms with E-state index in [1.807, 2.05) is 0 Å². The van der Waals surface area contributed by atoms with E-state index in [1.54, 1.807) is 0 Å². The number of nitrogen functional groups attached to an aromatic ring is 1. The molecule has 188 valence electrons. The lowest BCUT2D eigenvalue weighted by Crippen LogP contribution is -2.15. The van der Waals surface area contributed by atoms with E-state index in [0.29, 0.717) is 17.7 Å². The van der Waals surface area contributed by atoms with E-state index < -0.39 is 61.7 Å². The number of hydrogen-bond donors (Lipinski definition) is 5. The Morgan fingerprint density at radius 1 is 0.886 bits per heavy atom. The highest BCUT2D eigenvalue weighted by Crippen LogP contribution is 2.37. The molecule has 0 aliphatic heterocycles. The Kier molecular flexibility index (Phi) is 6.93. The zero-order valence-corrected chi connectivity index (χ0v) is 20.1. The standard InChI is InChI=1S/C19H18N2O11S3/c1-32-9-11-3-2-10(6-14(11)20)19(22)21-15-4-5-16(34(26,27)28)13-7-12(33(23,24)25)8-17(18(13)15)35(29,30)31/h2-8H,9,20H2,1H3,(H,21,22)(H,23,24,25)(H,26,27,28)(H,29,30,31). The number of anilines is 2. The average molecular weight is 547 g/mol. The van der Waals surface area contributed by atoms with E-state index in [0.717, 1.165) is 12.1 Å². The van der Waals surface area contributed by atoms with Crippen molar-refractivity contribution in [3.63, 3.8) is 0 Å². The maximum Gasteiger partial charge on any atom is 0.295 e. The molecule has 3 rings (SSSR count). The Morgan fingerprint density at radius 2 is 1.51 bits per heavy atom. The van der Waals surface area contributed by atoms with Crippen molar-refractivity contribution < 1.29 is 48.4 Å². The van der Waals surface area contributed by atoms with Gasteiger partial charge in [0.15, 0.2) is 0 Å². The smallest absolute Gasteiger partial charge is 0.295 e. The molecule has 0 heterocycles. The van der Waals surface area contributed by atoms with Crippen LogP contribution in [-0.2, 0) is 41.7 Å². The van der Waals surface area contributed by atoms with Crippen LogP contribution in [0.25, 0.3) is 10.8 Å². The summed E-state index contributed by atoms with van der Waals surface area (Å²) in [6, 6.07) is 6.82. The Bertz CT molecular complexity index is 1680. The summed E-state index contributed by atoms with van der Waals surface area (Å²) in [6.45, 7) is 0.170. The van der Waals surface area contributed by atoms with Crippen LogP contribution >= 0.6 is 0 Å². The summed E-state index contributed by atoms with van der Waals surface area (Å²) in [7, 11) is -14.0. The zero-order chi connectivity index (χ0) is 26.3. The van der Waals surface area contributed by atoms with Crippen LogP contribution in [0.5, 0.6) is 0 Å². The summed E-state index contributed by atoms with van der Waals surface area (Å²) in [5.74, 6) is -0.832. The van der Waals surface area contributed by atoms with Gasteiger partial charge in [0, 0.05) is 34.7 Å². The van der Waals surface area contributed by atoms with Gasteiger partial charge >= 0.3 is 0 Å². The molecule has 35 heavy (non-hydrogen) atoms. The summed E-state index contributed by atoms with van der Waals surface area (Å²) in [5.41, 5.74) is 6.32. The molecule has 3 aromatic rings. The minimum Gasteiger partial charge on any atom is -0.398 e. The Labute approximate surface area is 199 Å². The van der Waals surface area contributed by atoms with Gasteiger partial charge < -0.3 is 15.8 Å². The van der Waals surface area contributed by atoms with Crippen LogP contribution in [0, 0.1) is 0 Å². The highest BCUT2D eigenvalue weighted by atomic mass is 32.2. The van der Waals surface area contributed by atoms with Crippen LogP contribution < -0.4 is 11.1 Å². The van der Waals surface area contributed by atoms with Crippen molar-refractivity contribution in [3.8, 4) is 0 Å². The molecule has 0 radical (unpaired) electrons. The summed E-state index contributed by atoms with van der Waals surface area (Å²) in [6.07, 6.45) is 0. The van der Waals surface area contributed by atoms with Gasteiger partial charge in [0.1, 0.15) is 9.79 Å². The zero-order valence-electron chi connectivity index (χ0n) is 17.7. The summed E-state index contributed by atoms with van der Waals surface area (Å²) < 4.78 is 105. The third-order valence-corrected chi connectivity index (χ3v) is 7.44. The van der Waals surface area contributed by atoms with E-state index in [-0.39, 0.29) is 23.5 Å². The fourth-order valence-corrected chi connectivity index (χ4v) is 5.33. The molecule has 0 aliphatic rings. The van der Waals surface area contributed by atoms with Crippen LogP contribution in [0.3, 0.4) is 0 Å². The van der Waals surface area contributed by atoms with Crippen molar-refractivity contribution in [1.29, 1.82) is 0 Å². The molecule has 0 aromatic heterocycles. The predicted molar refractivity (Wildman–Crippen MR) is 123 cm³/mol. The third-order valence-electron chi connectivity index (χ3n) is 4.82. The van der Waals surface area contributed by atoms with Gasteiger partial charge in [-0.25, -0.2) is 0 Å². The van der Waals surface area contributed by atoms with E-state index in [2.05, 4.69) is 5.32 Å². The van der Waals surface area contributed by atoms with Crippen LogP contribution in [0.2, 0.25) is 0 Å². The van der Waals surface area contributed by atoms with Gasteiger partial charge in [0.25, 0.3) is 36.3 Å². The molecule has 0 atom stereocenters. The molecule has 0 unspecified atom stereocenters. The topological polar surface area (TPSA) is 227 Å². The van der Waals surface area contributed by atoms with Crippen molar-refractivity contribution in [2.75, 3.05) is 18.2 Å². The molecule has 13 nitrogen and oxygen atoms in total. The number of ether oxygens (including phenoxy) is 1. The first-order chi connectivity index (χ1) is 16.0. The van der Waals surface area contributed by atoms with Crippen molar-refractivity contribution in [1.82, 2.24) is 0 Å². The van der Waals surface area contributed by atoms with Crippen molar-refractivity contribution in [3.05, 3.63) is 53.6 Å². The number of nitrogens with one attached hydrogen (secondary N) is 1. The second-order valence-corrected chi connectivity index (χ2v) is 11.4. The molecule has 6 N–H and O–H groups in total. The van der Waals surface area contributed by atoms with Crippen LogP contribution in [0.1, 0.15) is 15.9 Å². The minimum atomic E-state index is -5.25. The number of rotatable bonds is 7. The lowest BCUT2D eigenvalue weighted by molar-refractivity contribution is 0.102. The highest BCUT2D eigenvalue weighted by Gasteiger charge is 2.27. The second-order valence-electron chi connectivity index (χ2n) is 7.18. The third kappa shape index (κ3) is 5.59. The van der Waals surface area contributed by atoms with Crippen LogP contribution in [-0.4, -0.2) is 51.9 Å². The fourth-order valence-electron chi connectivity index (χ4n) is 3.29. The predicted octanol–water partition coefficient (Wildman–Crippen LogP) is 1.56. The highest BCUT2D eigenvalue weighted by molar-refractivity contribution is 7.87. The largest absolute Gasteiger partial charge is 0.398 e. The van der Waals surface area contributed by atoms with Gasteiger partial charge in [0.05, 0.1) is 17.2 Å². The first-order valence-corrected chi connectivity index (χ1v) is 13.6. The molecular weight excluding hydrogens is 528 g/mol. The number of carbonyl (C=O) groups is 1. The van der Waals surface area contributed by atoms with Crippen molar-refractivity contribution in [2.45, 2.75) is 21.3 Å². The first kappa shape index (κ1) is 26.5. The molecular formula is C19H18N2O11S3. The van der Waals surface area contributed by atoms with Crippen molar-refractivity contribution >= 4 is 58.4 Å². The SMILES string of the molecule is COCc1ccc(C(=O)Nc2ccc(S(=O)(=O)O)c3cc(S(=O)(=O)O)cc(S(=O)(=O)O)c23)cc1N. The van der Waals surface area contributed by atoms with E-state index in [1.165, 1.54) is 25.3 Å². The van der Waals surface area contributed by atoms with Crippen molar-refractivity contribution in [2.24, 2.45) is 0 Å². The molecule has 0 spiro atoms. The number of amides is 1. The molecule has 16 heteroatoms. The molecule has 1 amide bonds. The Morgan fingerprint density at radius 3 is 2.03 bits per heavy atom. The van der Waals surface area contributed by atoms with Gasteiger partial charge in [-0.05, 0) is 36.4 Å². The maximum atomic E-state index is 12.8. The van der Waals surface area contributed by atoms with Gasteiger partial charge in [-0.3, -0.25) is 18.5 Å². The number of hydrogen-bond acceptors (Lipinski definition) is 9. The first-order valence-electron chi connectivity index (χ1n) is 9.26. The average Bonchev–Trinajstić information content (AvgIpc) is 2.72. The second kappa shape index (κ2) is 9.15. The Hall–Kier alpha value is -3.12. The van der Waals surface area contributed by atoms with Gasteiger partial charge in [-0.1, -0.05) is 6.07 Å². The van der Waals surface area contributed by atoms with Gasteiger partial charge in [-0.15, -0.1) is 0 Å². The number of fused-ring (bicyclic) bond motifs is 1. The Balaban J connectivity index is 2.31. The molecule has 0 saturated carbocycles. The lowest BCUT2D eigenvalue weighted by atomic mass is 10.1. The number of methoxy groups -OCH3 is 1. The molecule has 3 aromatic carbocycles. The summed E-state index contributed by atoms with van der Waals surface area (Å²) >= 11 is 0. The number of benzene rings is 3. The minimum absolute atomic E-state index is 0.0114. The van der Waals surface area contributed by atoms with E-state index >= 15 is 0 Å². The van der Waals surface area contributed by atoms with Gasteiger partial charge in [-0.2, -0.15) is 25.3 Å². The van der Waals surface area contributed by atoms with E-state index in [9.17, 15) is 43.7 Å². The summed E-state index contributed by atoms with van der Waals surface area (Å²) in [4.78, 5) is 9.64. The number of nitrogens with two attached hydrogens (primary N) is 1. The lowest BCUT2D eigenvalue weighted by Gasteiger charge is -2.15. The molecule has 0 saturated heterocycles. The number of carbonyl (C=O) groups excluding carboxylic acids is 1. The fraction of sp³-hybridized carbons (Fsp3) is 0.105. The molecule has 0 bridgehead atoms. The van der Waals surface area contributed by atoms with Gasteiger partial charge in [0.2, 0.25) is 0 Å². The molecule has 0 aliphatic carbocycles. The van der Waals surface area contributed by atoms with E-state index in [4.69, 9.17) is 10.5 Å². The maximum absolute atomic E-state index is 12.8. The normalized spacial score (nSPS) is 12.6.